The van der Waals surface area contributed by atoms with Gasteiger partial charge in [-0.15, -0.1) is 5.10 Å². The molecular formula is C24H24BrF2N7O. The van der Waals surface area contributed by atoms with Gasteiger partial charge in [-0.25, -0.2) is 23.1 Å². The molecule has 1 atom stereocenters. The number of aliphatic hydroxyl groups is 1. The average molecular weight is 544 g/mol. The van der Waals surface area contributed by atoms with Gasteiger partial charge in [0.1, 0.15) is 35.6 Å². The van der Waals surface area contributed by atoms with Gasteiger partial charge in [0.05, 0.1) is 18.8 Å². The van der Waals surface area contributed by atoms with Gasteiger partial charge in [-0.05, 0) is 31.0 Å². The molecule has 5 rings (SSSR count). The smallest absolute Gasteiger partial charge is 0.137 e. The van der Waals surface area contributed by atoms with Crippen molar-refractivity contribution in [3.63, 3.8) is 0 Å². The molecule has 0 radical (unpaired) electrons. The molecule has 4 aromatic rings. The summed E-state index contributed by atoms with van der Waals surface area (Å²) in [6.45, 7) is 1.53. The normalized spacial score (nSPS) is 16.9. The number of benzene rings is 2. The molecule has 0 spiro atoms. The summed E-state index contributed by atoms with van der Waals surface area (Å²) >= 11 is 3.44. The highest BCUT2D eigenvalue weighted by molar-refractivity contribution is 9.10. The van der Waals surface area contributed by atoms with Crippen LogP contribution in [0.2, 0.25) is 0 Å². The topological polar surface area (TPSA) is 84.9 Å². The molecule has 0 aliphatic carbocycles. The molecule has 2 aromatic heterocycles. The van der Waals surface area contributed by atoms with E-state index in [-0.39, 0.29) is 24.7 Å². The van der Waals surface area contributed by atoms with E-state index in [1.807, 2.05) is 35.1 Å². The van der Waals surface area contributed by atoms with E-state index in [2.05, 4.69) is 41.2 Å². The highest BCUT2D eigenvalue weighted by Crippen LogP contribution is 2.31. The number of likely N-dealkylation sites (tertiary alicyclic amines) is 1. The van der Waals surface area contributed by atoms with E-state index in [9.17, 15) is 13.9 Å². The number of aromatic nitrogens is 6. The van der Waals surface area contributed by atoms with Crippen LogP contribution in [-0.4, -0.2) is 59.4 Å². The van der Waals surface area contributed by atoms with Gasteiger partial charge in [0, 0.05) is 41.3 Å². The van der Waals surface area contributed by atoms with E-state index in [4.69, 9.17) is 0 Å². The van der Waals surface area contributed by atoms with Gasteiger partial charge in [-0.2, -0.15) is 5.10 Å². The van der Waals surface area contributed by atoms with Crippen LogP contribution >= 0.6 is 15.9 Å². The lowest BCUT2D eigenvalue weighted by Gasteiger charge is -2.38. The van der Waals surface area contributed by atoms with E-state index in [1.165, 1.54) is 23.4 Å². The standard InChI is InChI=1S/C24H24BrF2N7O/c25-18-3-1-17(2-4-18)23-12-34(31-30-23)20-7-9-32(10-8-20)13-24(35,14-33-16-28-15-29-33)21-6-5-19(26)11-22(21)27/h1-6,11-12,15-16,20,35H,7-10,13-14H2. The maximum atomic E-state index is 14.7. The number of rotatable bonds is 7. The molecule has 1 aliphatic rings. The highest BCUT2D eigenvalue weighted by atomic mass is 79.9. The fourth-order valence-electron chi connectivity index (χ4n) is 4.59. The Morgan fingerprint density at radius 2 is 1.83 bits per heavy atom. The van der Waals surface area contributed by atoms with Crippen LogP contribution in [0, 0.1) is 11.6 Å². The summed E-state index contributed by atoms with van der Waals surface area (Å²) in [5, 5.41) is 24.3. The summed E-state index contributed by atoms with van der Waals surface area (Å²) in [6, 6.07) is 11.3. The van der Waals surface area contributed by atoms with Crippen molar-refractivity contribution < 1.29 is 13.9 Å². The first-order valence-corrected chi connectivity index (χ1v) is 12.1. The molecule has 3 heterocycles. The second-order valence-corrected chi connectivity index (χ2v) is 9.76. The van der Waals surface area contributed by atoms with Gasteiger partial charge in [0.15, 0.2) is 0 Å². The summed E-state index contributed by atoms with van der Waals surface area (Å²) in [4.78, 5) is 6.00. The molecule has 0 saturated carbocycles. The fraction of sp³-hybridized carbons (Fsp3) is 0.333. The van der Waals surface area contributed by atoms with Gasteiger partial charge in [-0.1, -0.05) is 39.3 Å². The predicted molar refractivity (Wildman–Crippen MR) is 128 cm³/mol. The van der Waals surface area contributed by atoms with Gasteiger partial charge >= 0.3 is 0 Å². The van der Waals surface area contributed by atoms with Crippen LogP contribution in [0.1, 0.15) is 24.4 Å². The van der Waals surface area contributed by atoms with E-state index in [1.54, 1.807) is 0 Å². The van der Waals surface area contributed by atoms with E-state index < -0.39 is 17.2 Å². The second-order valence-electron chi connectivity index (χ2n) is 8.85. The first-order chi connectivity index (χ1) is 16.9. The Kier molecular flexibility index (Phi) is 6.72. The molecule has 1 N–H and O–H groups in total. The first-order valence-electron chi connectivity index (χ1n) is 11.3. The number of β-amino-alcohol motifs (C(OH)–C–C–N with tert-alkyl or cyclic N) is 1. The fourth-order valence-corrected chi connectivity index (χ4v) is 4.85. The maximum absolute atomic E-state index is 14.7. The molecule has 1 saturated heterocycles. The van der Waals surface area contributed by atoms with Crippen molar-refractivity contribution in [3.05, 3.63) is 83.0 Å². The minimum atomic E-state index is -1.61. The van der Waals surface area contributed by atoms with Crippen molar-refractivity contribution in [2.75, 3.05) is 19.6 Å². The van der Waals surface area contributed by atoms with Crippen molar-refractivity contribution in [3.8, 4) is 11.3 Å². The van der Waals surface area contributed by atoms with Gasteiger partial charge < -0.3 is 5.11 Å². The Hall–Kier alpha value is -3.02. The van der Waals surface area contributed by atoms with Gasteiger partial charge in [0.2, 0.25) is 0 Å². The zero-order valence-corrected chi connectivity index (χ0v) is 20.4. The quantitative estimate of drug-likeness (QED) is 0.381. The molecule has 1 fully saturated rings. The minimum absolute atomic E-state index is 0.00485. The number of hydrogen-bond acceptors (Lipinski definition) is 6. The summed E-state index contributed by atoms with van der Waals surface area (Å²) in [5.74, 6) is -1.48. The molecule has 1 unspecified atom stereocenters. The Labute approximate surface area is 209 Å². The first kappa shape index (κ1) is 23.7. The van der Waals surface area contributed by atoms with Crippen LogP contribution in [-0.2, 0) is 12.1 Å². The molecule has 11 heteroatoms. The molecule has 35 heavy (non-hydrogen) atoms. The SMILES string of the molecule is OC(CN1CCC(n2cc(-c3ccc(Br)cc3)nn2)CC1)(Cn1cncn1)c1ccc(F)cc1F. The molecule has 1 aliphatic heterocycles. The van der Waals surface area contributed by atoms with E-state index >= 15 is 0 Å². The third-order valence-electron chi connectivity index (χ3n) is 6.39. The van der Waals surface area contributed by atoms with E-state index in [0.717, 1.165) is 40.7 Å². The largest absolute Gasteiger partial charge is 0.382 e. The number of nitrogens with zero attached hydrogens (tertiary/aromatic N) is 7. The lowest BCUT2D eigenvalue weighted by atomic mass is 9.91. The maximum Gasteiger partial charge on any atom is 0.137 e. The Bertz CT molecular complexity index is 1270. The van der Waals surface area contributed by atoms with Crippen molar-refractivity contribution in [1.82, 2.24) is 34.7 Å². The molecular weight excluding hydrogens is 520 g/mol. The van der Waals surface area contributed by atoms with Crippen LogP contribution in [0.4, 0.5) is 8.78 Å². The van der Waals surface area contributed by atoms with E-state index in [0.29, 0.717) is 13.1 Å². The summed E-state index contributed by atoms with van der Waals surface area (Å²) < 4.78 is 32.6. The second kappa shape index (κ2) is 9.92. The summed E-state index contributed by atoms with van der Waals surface area (Å²) in [6.07, 6.45) is 6.38. The molecule has 0 bridgehead atoms. The lowest BCUT2D eigenvalue weighted by Crippen LogP contribution is -2.47. The van der Waals surface area contributed by atoms with Crippen LogP contribution in [0.25, 0.3) is 11.3 Å². The molecule has 8 nitrogen and oxygen atoms in total. The minimum Gasteiger partial charge on any atom is -0.382 e. The van der Waals surface area contributed by atoms with Crippen molar-refractivity contribution in [1.29, 1.82) is 0 Å². The Balaban J connectivity index is 1.28. The predicted octanol–water partition coefficient (Wildman–Crippen LogP) is 3.80. The van der Waals surface area contributed by atoms with Crippen molar-refractivity contribution >= 4 is 15.9 Å². The summed E-state index contributed by atoms with van der Waals surface area (Å²) in [5.41, 5.74) is 0.234. The lowest BCUT2D eigenvalue weighted by molar-refractivity contribution is -0.0285. The van der Waals surface area contributed by atoms with Crippen LogP contribution in [0.5, 0.6) is 0 Å². The van der Waals surface area contributed by atoms with Crippen molar-refractivity contribution in [2.24, 2.45) is 0 Å². The zero-order chi connectivity index (χ0) is 24.4. The van der Waals surface area contributed by atoms with Crippen LogP contribution in [0.15, 0.2) is 65.8 Å². The van der Waals surface area contributed by atoms with Gasteiger partial charge in [0.25, 0.3) is 0 Å². The van der Waals surface area contributed by atoms with Crippen LogP contribution < -0.4 is 0 Å². The number of hydrogen-bond donors (Lipinski definition) is 1. The average Bonchev–Trinajstić information content (AvgIpc) is 3.52. The molecule has 182 valence electrons. The molecule has 2 aromatic carbocycles. The van der Waals surface area contributed by atoms with Crippen molar-refractivity contribution in [2.45, 2.75) is 31.0 Å². The molecule has 0 amide bonds. The Morgan fingerprint density at radius 1 is 1.06 bits per heavy atom. The summed E-state index contributed by atoms with van der Waals surface area (Å²) in [7, 11) is 0. The Morgan fingerprint density at radius 3 is 2.51 bits per heavy atom. The van der Waals surface area contributed by atoms with Gasteiger partial charge in [-0.3, -0.25) is 4.90 Å². The zero-order valence-electron chi connectivity index (χ0n) is 18.8. The highest BCUT2D eigenvalue weighted by Gasteiger charge is 2.37. The van der Waals surface area contributed by atoms with Crippen LogP contribution in [0.3, 0.4) is 0 Å². The monoisotopic (exact) mass is 543 g/mol. The third kappa shape index (κ3) is 5.31. The number of piperidine rings is 1. The third-order valence-corrected chi connectivity index (χ3v) is 6.92. The number of halogens is 3.